The van der Waals surface area contributed by atoms with Crippen molar-refractivity contribution in [3.8, 4) is 5.75 Å². The van der Waals surface area contributed by atoms with Gasteiger partial charge in [-0.1, -0.05) is 23.2 Å². The van der Waals surface area contributed by atoms with Gasteiger partial charge in [0.05, 0.1) is 22.8 Å². The number of ether oxygens (including phenoxy) is 2. The summed E-state index contributed by atoms with van der Waals surface area (Å²) in [6, 6.07) is 2.93. The van der Waals surface area contributed by atoms with Gasteiger partial charge in [0.2, 0.25) is 0 Å². The van der Waals surface area contributed by atoms with Gasteiger partial charge in [-0.25, -0.2) is 0 Å². The van der Waals surface area contributed by atoms with Gasteiger partial charge in [0.1, 0.15) is 0 Å². The van der Waals surface area contributed by atoms with E-state index in [0.717, 1.165) is 0 Å². The Morgan fingerprint density at radius 3 is 2.38 bits per heavy atom. The highest BCUT2D eigenvalue weighted by atomic mass is 35.5. The lowest BCUT2D eigenvalue weighted by atomic mass is 10.0. The molecule has 118 valence electrons. The van der Waals surface area contributed by atoms with E-state index in [1.807, 2.05) is 0 Å². The van der Waals surface area contributed by atoms with Crippen LogP contribution in [0, 0.1) is 0 Å². The molecule has 0 aliphatic rings. The van der Waals surface area contributed by atoms with Crippen LogP contribution < -0.4 is 10.1 Å². The molecule has 0 radical (unpaired) electrons. The summed E-state index contributed by atoms with van der Waals surface area (Å²) in [4.78, 5) is 12.1. The molecule has 0 heterocycles. The van der Waals surface area contributed by atoms with Crippen LogP contribution in [0.1, 0.15) is 23.7 Å². The molecule has 0 saturated carbocycles. The van der Waals surface area contributed by atoms with Crippen LogP contribution in [-0.2, 0) is 4.74 Å². The summed E-state index contributed by atoms with van der Waals surface area (Å²) in [6.45, 7) is 2.12. The molecule has 1 rings (SSSR count). The molecule has 1 aromatic rings. The van der Waals surface area contributed by atoms with Gasteiger partial charge in [-0.05, 0) is 19.1 Å². The third-order valence-electron chi connectivity index (χ3n) is 2.94. The molecule has 0 spiro atoms. The van der Waals surface area contributed by atoms with Gasteiger partial charge < -0.3 is 19.9 Å². The predicted molar refractivity (Wildman–Crippen MR) is 82.5 cm³/mol. The third kappa shape index (κ3) is 5.36. The van der Waals surface area contributed by atoms with Crippen LogP contribution in [0.15, 0.2) is 12.1 Å². The van der Waals surface area contributed by atoms with E-state index in [-0.39, 0.29) is 22.5 Å². The van der Waals surface area contributed by atoms with Crippen molar-refractivity contribution in [2.75, 3.05) is 27.4 Å². The average molecular weight is 336 g/mol. The lowest BCUT2D eigenvalue weighted by Gasteiger charge is -2.23. The van der Waals surface area contributed by atoms with Gasteiger partial charge >= 0.3 is 0 Å². The third-order valence-corrected chi connectivity index (χ3v) is 3.50. The molecule has 5 nitrogen and oxygen atoms in total. The van der Waals surface area contributed by atoms with Crippen LogP contribution in [-0.4, -0.2) is 44.0 Å². The number of carbonyl (C=O) groups is 1. The van der Waals surface area contributed by atoms with Crippen molar-refractivity contribution in [3.63, 3.8) is 0 Å². The molecule has 7 heteroatoms. The minimum Gasteiger partial charge on any atom is -0.494 e. The molecule has 0 aliphatic heterocycles. The Kier molecular flexibility index (Phi) is 6.74. The molecule has 0 saturated heterocycles. The van der Waals surface area contributed by atoms with E-state index < -0.39 is 5.60 Å². The highest BCUT2D eigenvalue weighted by Crippen LogP contribution is 2.33. The van der Waals surface area contributed by atoms with E-state index in [1.165, 1.54) is 19.2 Å². The largest absolute Gasteiger partial charge is 0.494 e. The van der Waals surface area contributed by atoms with Crippen molar-refractivity contribution >= 4 is 29.1 Å². The molecule has 1 atom stereocenters. The molecule has 1 aromatic carbocycles. The fourth-order valence-electron chi connectivity index (χ4n) is 1.67. The van der Waals surface area contributed by atoms with Gasteiger partial charge in [0, 0.05) is 32.2 Å². The molecule has 0 aromatic heterocycles. The van der Waals surface area contributed by atoms with E-state index in [0.29, 0.717) is 24.3 Å². The zero-order chi connectivity index (χ0) is 16.0. The van der Waals surface area contributed by atoms with Crippen molar-refractivity contribution in [1.82, 2.24) is 5.32 Å². The number of aliphatic hydroxyl groups is 1. The molecule has 0 bridgehead atoms. The van der Waals surface area contributed by atoms with Gasteiger partial charge in [-0.2, -0.15) is 0 Å². The molecule has 2 N–H and O–H groups in total. The maximum atomic E-state index is 12.1. The Morgan fingerprint density at radius 1 is 1.33 bits per heavy atom. The molecular weight excluding hydrogens is 317 g/mol. The summed E-state index contributed by atoms with van der Waals surface area (Å²) in [5, 5.41) is 13.2. The van der Waals surface area contributed by atoms with Crippen LogP contribution in [0.4, 0.5) is 0 Å². The maximum absolute atomic E-state index is 12.1. The number of halogens is 2. The van der Waals surface area contributed by atoms with Crippen molar-refractivity contribution in [2.45, 2.75) is 18.9 Å². The monoisotopic (exact) mass is 335 g/mol. The van der Waals surface area contributed by atoms with Gasteiger partial charge in [0.25, 0.3) is 5.91 Å². The molecule has 1 amide bonds. The first-order valence-electron chi connectivity index (χ1n) is 6.33. The topological polar surface area (TPSA) is 67.8 Å². The first-order chi connectivity index (χ1) is 9.80. The Hall–Kier alpha value is -1.01. The molecule has 1 unspecified atom stereocenters. The predicted octanol–water partition coefficient (Wildman–Crippen LogP) is 2.52. The first-order valence-corrected chi connectivity index (χ1v) is 7.09. The summed E-state index contributed by atoms with van der Waals surface area (Å²) in [5.74, 6) is -0.0545. The summed E-state index contributed by atoms with van der Waals surface area (Å²) < 4.78 is 9.92. The second-order valence-electron chi connectivity index (χ2n) is 4.90. The van der Waals surface area contributed by atoms with Crippen LogP contribution in [0.2, 0.25) is 10.0 Å². The van der Waals surface area contributed by atoms with Crippen molar-refractivity contribution in [1.29, 1.82) is 0 Å². The van der Waals surface area contributed by atoms with Crippen LogP contribution in [0.3, 0.4) is 0 Å². The van der Waals surface area contributed by atoms with E-state index in [2.05, 4.69) is 5.32 Å². The standard InChI is InChI=1S/C14H19Cl2NO4/c1-14(19,4-5-20-2)8-17-13(18)9-6-10(15)12(21-3)11(16)7-9/h6-7,19H,4-5,8H2,1-3H3,(H,17,18). The van der Waals surface area contributed by atoms with Crippen molar-refractivity contribution in [2.24, 2.45) is 0 Å². The molecule has 21 heavy (non-hydrogen) atoms. The van der Waals surface area contributed by atoms with Gasteiger partial charge in [-0.3, -0.25) is 4.79 Å². The van der Waals surface area contributed by atoms with Gasteiger partial charge in [-0.15, -0.1) is 0 Å². The summed E-state index contributed by atoms with van der Waals surface area (Å²) in [6.07, 6.45) is 0.411. The number of methoxy groups -OCH3 is 2. The fraction of sp³-hybridized carbons (Fsp3) is 0.500. The molecular formula is C14H19Cl2NO4. The first kappa shape index (κ1) is 18.0. The lowest BCUT2D eigenvalue weighted by Crippen LogP contribution is -2.41. The normalized spacial score (nSPS) is 13.6. The Morgan fingerprint density at radius 2 is 1.90 bits per heavy atom. The Bertz CT molecular complexity index is 483. The van der Waals surface area contributed by atoms with Crippen LogP contribution in [0.5, 0.6) is 5.75 Å². The van der Waals surface area contributed by atoms with Crippen LogP contribution in [0.25, 0.3) is 0 Å². The summed E-state index contributed by atoms with van der Waals surface area (Å²) in [5.41, 5.74) is -0.750. The Balaban J connectivity index is 2.72. The maximum Gasteiger partial charge on any atom is 0.251 e. The smallest absolute Gasteiger partial charge is 0.251 e. The van der Waals surface area contributed by atoms with Crippen molar-refractivity contribution in [3.05, 3.63) is 27.7 Å². The fourth-order valence-corrected chi connectivity index (χ4v) is 2.31. The minimum atomic E-state index is -1.05. The van der Waals surface area contributed by atoms with E-state index in [9.17, 15) is 9.90 Å². The van der Waals surface area contributed by atoms with E-state index in [1.54, 1.807) is 14.0 Å². The quantitative estimate of drug-likeness (QED) is 0.803. The highest BCUT2D eigenvalue weighted by Gasteiger charge is 2.22. The second-order valence-corrected chi connectivity index (χ2v) is 5.71. The average Bonchev–Trinajstić information content (AvgIpc) is 2.42. The zero-order valence-electron chi connectivity index (χ0n) is 12.2. The zero-order valence-corrected chi connectivity index (χ0v) is 13.7. The van der Waals surface area contributed by atoms with Crippen molar-refractivity contribution < 1.29 is 19.4 Å². The number of nitrogens with one attached hydrogen (secondary N) is 1. The van der Waals surface area contributed by atoms with Crippen LogP contribution >= 0.6 is 23.2 Å². The second kappa shape index (κ2) is 7.84. The van der Waals surface area contributed by atoms with E-state index >= 15 is 0 Å². The van der Waals surface area contributed by atoms with Gasteiger partial charge in [0.15, 0.2) is 5.75 Å². The molecule has 0 fully saturated rings. The van der Waals surface area contributed by atoms with E-state index in [4.69, 9.17) is 32.7 Å². The number of hydrogen-bond acceptors (Lipinski definition) is 4. The number of amides is 1. The lowest BCUT2D eigenvalue weighted by molar-refractivity contribution is 0.0243. The summed E-state index contributed by atoms with van der Waals surface area (Å²) >= 11 is 12.0. The number of rotatable bonds is 7. The highest BCUT2D eigenvalue weighted by molar-refractivity contribution is 6.37. The Labute approximate surface area is 134 Å². The number of benzene rings is 1. The minimum absolute atomic E-state index is 0.0937. The number of carbonyl (C=O) groups excluding carboxylic acids is 1. The SMILES string of the molecule is COCCC(C)(O)CNC(=O)c1cc(Cl)c(OC)c(Cl)c1. The summed E-state index contributed by atoms with van der Waals surface area (Å²) in [7, 11) is 3.00. The molecule has 0 aliphatic carbocycles. The number of hydrogen-bond donors (Lipinski definition) is 2.